The Balaban J connectivity index is 1.69. The van der Waals surface area contributed by atoms with E-state index in [1.54, 1.807) is 9.36 Å². The lowest BCUT2D eigenvalue weighted by atomic mass is 10.0. The fraction of sp³-hybridized carbons (Fsp3) is 0.500. The first-order valence-corrected chi connectivity index (χ1v) is 9.24. The van der Waals surface area contributed by atoms with Crippen LogP contribution in [-0.4, -0.2) is 42.0 Å². The minimum absolute atomic E-state index is 0.0193. The van der Waals surface area contributed by atoms with Gasteiger partial charge < -0.3 is 10.1 Å². The number of hydrogen-bond donors (Lipinski definition) is 1. The van der Waals surface area contributed by atoms with E-state index in [1.807, 2.05) is 39.1 Å². The van der Waals surface area contributed by atoms with Crippen molar-refractivity contribution in [2.45, 2.75) is 51.7 Å². The predicted octanol–water partition coefficient (Wildman–Crippen LogP) is 2.25. The van der Waals surface area contributed by atoms with Gasteiger partial charge in [-0.05, 0) is 49.2 Å². The predicted molar refractivity (Wildman–Crippen MR) is 99.5 cm³/mol. The van der Waals surface area contributed by atoms with E-state index in [2.05, 4.69) is 25.9 Å². The Morgan fingerprint density at radius 2 is 2.19 bits per heavy atom. The van der Waals surface area contributed by atoms with Gasteiger partial charge in [0.05, 0.1) is 22.9 Å². The lowest BCUT2D eigenvalue weighted by Crippen LogP contribution is -2.23. The van der Waals surface area contributed by atoms with E-state index in [0.717, 1.165) is 30.3 Å². The normalized spacial score (nSPS) is 17.0. The number of benzene rings is 1. The maximum absolute atomic E-state index is 13.1. The van der Waals surface area contributed by atoms with Crippen molar-refractivity contribution in [3.63, 3.8) is 0 Å². The number of carbonyl (C=O) groups is 1. The fourth-order valence-corrected chi connectivity index (χ4v) is 3.53. The topological polar surface area (TPSA) is 99.8 Å². The smallest absolute Gasteiger partial charge is 0.236 e. The molecule has 1 aromatic carbocycles. The second kappa shape index (κ2) is 6.98. The first-order chi connectivity index (χ1) is 13.0. The summed E-state index contributed by atoms with van der Waals surface area (Å²) in [6.45, 7) is 4.68. The van der Waals surface area contributed by atoms with E-state index in [1.165, 1.54) is 0 Å². The molecule has 0 radical (unpaired) electrons. The van der Waals surface area contributed by atoms with Gasteiger partial charge >= 0.3 is 0 Å². The van der Waals surface area contributed by atoms with Crippen molar-refractivity contribution in [3.8, 4) is 5.75 Å². The molecule has 0 spiro atoms. The average Bonchev–Trinajstić information content (AvgIpc) is 3.14. The van der Waals surface area contributed by atoms with Crippen LogP contribution in [-0.2, 0) is 18.4 Å². The highest BCUT2D eigenvalue weighted by molar-refractivity contribution is 6.04. The van der Waals surface area contributed by atoms with Crippen LogP contribution in [0.25, 0.3) is 10.9 Å². The number of amides is 1. The molecule has 1 N–H and O–H groups in total. The number of aromatic nitrogens is 6. The molecule has 1 unspecified atom stereocenters. The van der Waals surface area contributed by atoms with Crippen LogP contribution in [0.15, 0.2) is 18.2 Å². The van der Waals surface area contributed by atoms with Gasteiger partial charge in [-0.15, -0.1) is 5.10 Å². The van der Waals surface area contributed by atoms with E-state index in [-0.39, 0.29) is 12.0 Å². The second-order valence-corrected chi connectivity index (χ2v) is 7.09. The van der Waals surface area contributed by atoms with E-state index in [4.69, 9.17) is 4.74 Å². The quantitative estimate of drug-likeness (QED) is 0.757. The van der Waals surface area contributed by atoms with Gasteiger partial charge in [0.2, 0.25) is 5.91 Å². The molecule has 9 heteroatoms. The molecular weight excluding hydrogens is 346 g/mol. The number of hydrogen-bond acceptors (Lipinski definition) is 6. The van der Waals surface area contributed by atoms with Crippen LogP contribution >= 0.6 is 0 Å². The van der Waals surface area contributed by atoms with Crippen LogP contribution in [0.3, 0.4) is 0 Å². The molecule has 1 aliphatic rings. The zero-order valence-corrected chi connectivity index (χ0v) is 15.7. The summed E-state index contributed by atoms with van der Waals surface area (Å²) in [5, 5.41) is 20.1. The number of carbonyl (C=O) groups excluding carboxylic acids is 1. The highest BCUT2D eigenvalue weighted by Gasteiger charge is 2.29. The third-order valence-corrected chi connectivity index (χ3v) is 4.74. The van der Waals surface area contributed by atoms with Gasteiger partial charge in [-0.3, -0.25) is 9.48 Å². The summed E-state index contributed by atoms with van der Waals surface area (Å²) in [5.74, 6) is 1.28. The zero-order chi connectivity index (χ0) is 19.0. The number of aryl methyl sites for hydroxylation is 2. The van der Waals surface area contributed by atoms with Crippen molar-refractivity contribution in [1.82, 2.24) is 30.0 Å². The van der Waals surface area contributed by atoms with Crippen molar-refractivity contribution < 1.29 is 9.53 Å². The van der Waals surface area contributed by atoms with Gasteiger partial charge in [-0.25, -0.2) is 4.68 Å². The molecule has 0 aliphatic carbocycles. The molecule has 0 bridgehead atoms. The number of anilines is 1. The molecule has 0 saturated heterocycles. The molecule has 0 saturated carbocycles. The summed E-state index contributed by atoms with van der Waals surface area (Å²) >= 11 is 0. The highest BCUT2D eigenvalue weighted by atomic mass is 16.5. The van der Waals surface area contributed by atoms with Crippen LogP contribution in [0, 0.1) is 0 Å². The Bertz CT molecular complexity index is 975. The van der Waals surface area contributed by atoms with Gasteiger partial charge in [0.15, 0.2) is 11.6 Å². The van der Waals surface area contributed by atoms with Crippen molar-refractivity contribution >= 4 is 22.6 Å². The average molecular weight is 369 g/mol. The maximum Gasteiger partial charge on any atom is 0.236 e. The zero-order valence-electron chi connectivity index (χ0n) is 15.7. The van der Waals surface area contributed by atoms with Crippen LogP contribution < -0.4 is 10.1 Å². The second-order valence-electron chi connectivity index (χ2n) is 7.09. The number of nitrogens with one attached hydrogen (secondary N) is 1. The van der Waals surface area contributed by atoms with Crippen LogP contribution in [0.1, 0.15) is 44.9 Å². The lowest BCUT2D eigenvalue weighted by Gasteiger charge is -2.14. The number of nitrogens with zero attached hydrogens (tertiary/aromatic N) is 6. The molecule has 2 aromatic heterocycles. The molecule has 1 amide bonds. The largest absolute Gasteiger partial charge is 0.490 e. The molecule has 27 heavy (non-hydrogen) atoms. The summed E-state index contributed by atoms with van der Waals surface area (Å²) in [7, 11) is 1.85. The maximum atomic E-state index is 13.1. The summed E-state index contributed by atoms with van der Waals surface area (Å²) in [6, 6.07) is 5.77. The van der Waals surface area contributed by atoms with Gasteiger partial charge in [-0.2, -0.15) is 5.10 Å². The summed E-state index contributed by atoms with van der Waals surface area (Å²) in [4.78, 5) is 13.1. The van der Waals surface area contributed by atoms with Crippen molar-refractivity contribution in [2.75, 3.05) is 5.32 Å². The molecule has 4 rings (SSSR count). The van der Waals surface area contributed by atoms with E-state index >= 15 is 0 Å². The Labute approximate surface area is 156 Å². The van der Waals surface area contributed by atoms with Crippen molar-refractivity contribution in [1.29, 1.82) is 0 Å². The monoisotopic (exact) mass is 369 g/mol. The fourth-order valence-electron chi connectivity index (χ4n) is 3.53. The highest BCUT2D eigenvalue weighted by Crippen LogP contribution is 2.34. The number of ether oxygens (including phenoxy) is 1. The molecule has 1 atom stereocenters. The molecule has 3 aromatic rings. The van der Waals surface area contributed by atoms with Crippen molar-refractivity contribution in [3.05, 3.63) is 24.0 Å². The summed E-state index contributed by atoms with van der Waals surface area (Å²) in [6.07, 6.45) is 2.63. The SMILES string of the molecule is CC(C)Oc1cccc2c1c(NC(=O)C1CCCCn3nnnc31)nn2C. The standard InChI is InChI=1S/C18H23N7O2/c1-11(2)27-14-9-6-8-13-15(14)16(21-24(13)3)19-18(26)12-7-4-5-10-25-17(12)20-22-23-25/h6,8-9,11-12H,4-5,7,10H2,1-3H3,(H,19,21,26). The van der Waals surface area contributed by atoms with Crippen molar-refractivity contribution in [2.24, 2.45) is 7.05 Å². The Morgan fingerprint density at radius 3 is 3.00 bits per heavy atom. The van der Waals surface area contributed by atoms with Crippen LogP contribution in [0.4, 0.5) is 5.82 Å². The third kappa shape index (κ3) is 3.24. The number of fused-ring (bicyclic) bond motifs is 2. The van der Waals surface area contributed by atoms with Gasteiger partial charge in [0.1, 0.15) is 5.75 Å². The van der Waals surface area contributed by atoms with Gasteiger partial charge in [0.25, 0.3) is 0 Å². The molecule has 0 fully saturated rings. The molecule has 1 aliphatic heterocycles. The lowest BCUT2D eigenvalue weighted by molar-refractivity contribution is -0.117. The molecule has 9 nitrogen and oxygen atoms in total. The Morgan fingerprint density at radius 1 is 1.33 bits per heavy atom. The van der Waals surface area contributed by atoms with E-state index in [9.17, 15) is 4.79 Å². The van der Waals surface area contributed by atoms with Gasteiger partial charge in [0, 0.05) is 13.6 Å². The molecule has 3 heterocycles. The van der Waals surface area contributed by atoms with E-state index in [0.29, 0.717) is 23.8 Å². The Hall–Kier alpha value is -2.97. The summed E-state index contributed by atoms with van der Waals surface area (Å²) < 4.78 is 9.40. The van der Waals surface area contributed by atoms with Crippen LogP contribution in [0.2, 0.25) is 0 Å². The third-order valence-electron chi connectivity index (χ3n) is 4.74. The van der Waals surface area contributed by atoms with Gasteiger partial charge in [-0.1, -0.05) is 12.5 Å². The minimum Gasteiger partial charge on any atom is -0.490 e. The first kappa shape index (κ1) is 17.4. The first-order valence-electron chi connectivity index (χ1n) is 9.24. The van der Waals surface area contributed by atoms with E-state index < -0.39 is 5.92 Å². The number of rotatable bonds is 4. The number of tetrazole rings is 1. The summed E-state index contributed by atoms with van der Waals surface area (Å²) in [5.41, 5.74) is 0.897. The Kier molecular flexibility index (Phi) is 4.51. The van der Waals surface area contributed by atoms with Crippen LogP contribution in [0.5, 0.6) is 5.75 Å². The molecule has 142 valence electrons. The molecular formula is C18H23N7O2. The minimum atomic E-state index is -0.391.